The van der Waals surface area contributed by atoms with Gasteiger partial charge in [-0.2, -0.15) is 0 Å². The summed E-state index contributed by atoms with van der Waals surface area (Å²) in [6, 6.07) is 15.3. The van der Waals surface area contributed by atoms with Gasteiger partial charge in [0, 0.05) is 21.0 Å². The zero-order valence-corrected chi connectivity index (χ0v) is 20.2. The number of rotatable bonds is 2. The summed E-state index contributed by atoms with van der Waals surface area (Å²) >= 11 is 15.2. The Morgan fingerprint density at radius 1 is 1.12 bits per heavy atom. The minimum absolute atomic E-state index is 0.102. The maximum atomic E-state index is 13.6. The number of thiazole rings is 1. The van der Waals surface area contributed by atoms with Gasteiger partial charge in [0.25, 0.3) is 5.56 Å². The van der Waals surface area contributed by atoms with Crippen LogP contribution in [0.25, 0.3) is 11.8 Å². The molecule has 2 aromatic heterocycles. The predicted molar refractivity (Wildman–Crippen MR) is 135 cm³/mol. The van der Waals surface area contributed by atoms with Gasteiger partial charge in [-0.25, -0.2) is 4.99 Å². The predicted octanol–water partition coefficient (Wildman–Crippen LogP) is 5.39. The molecular formula is C25H16Cl2N2O2S2. The first kappa shape index (κ1) is 20.9. The molecule has 3 heterocycles. The van der Waals surface area contributed by atoms with Gasteiger partial charge in [-0.15, -0.1) is 11.3 Å². The molecule has 0 radical (unpaired) electrons. The van der Waals surface area contributed by atoms with Crippen molar-refractivity contribution in [3.05, 3.63) is 111 Å². The number of allylic oxidation sites excluding steroid dienone is 1. The van der Waals surface area contributed by atoms with Crippen molar-refractivity contribution in [2.45, 2.75) is 18.9 Å². The van der Waals surface area contributed by atoms with Crippen molar-refractivity contribution in [2.75, 3.05) is 0 Å². The number of fused-ring (bicyclic) bond motifs is 3. The lowest BCUT2D eigenvalue weighted by Crippen LogP contribution is -2.38. The number of thiophene rings is 1. The van der Waals surface area contributed by atoms with Gasteiger partial charge in [0.05, 0.1) is 21.3 Å². The minimum Gasteiger partial charge on any atom is -0.506 e. The van der Waals surface area contributed by atoms with Gasteiger partial charge in [0.1, 0.15) is 5.75 Å². The van der Waals surface area contributed by atoms with Gasteiger partial charge in [0.15, 0.2) is 4.80 Å². The van der Waals surface area contributed by atoms with Crippen LogP contribution in [0.1, 0.15) is 34.0 Å². The van der Waals surface area contributed by atoms with Crippen molar-refractivity contribution < 1.29 is 5.11 Å². The van der Waals surface area contributed by atoms with Crippen molar-refractivity contribution in [1.82, 2.24) is 4.57 Å². The van der Waals surface area contributed by atoms with Crippen molar-refractivity contribution >= 4 is 57.6 Å². The van der Waals surface area contributed by atoms with Crippen molar-refractivity contribution in [3.8, 4) is 5.75 Å². The molecule has 0 amide bonds. The van der Waals surface area contributed by atoms with Gasteiger partial charge in [-0.1, -0.05) is 64.9 Å². The van der Waals surface area contributed by atoms with Crippen LogP contribution in [0.4, 0.5) is 0 Å². The minimum atomic E-state index is -0.191. The summed E-state index contributed by atoms with van der Waals surface area (Å²) in [5, 5.41) is 13.0. The van der Waals surface area contributed by atoms with Gasteiger partial charge < -0.3 is 5.11 Å². The molecule has 8 heteroatoms. The van der Waals surface area contributed by atoms with E-state index in [9.17, 15) is 9.90 Å². The van der Waals surface area contributed by atoms with Crippen LogP contribution in [-0.4, -0.2) is 9.67 Å². The highest BCUT2D eigenvalue weighted by atomic mass is 35.5. The molecule has 164 valence electrons. The maximum absolute atomic E-state index is 13.6. The Morgan fingerprint density at radius 2 is 1.97 bits per heavy atom. The summed E-state index contributed by atoms with van der Waals surface area (Å²) in [6.45, 7) is 0. The van der Waals surface area contributed by atoms with E-state index in [1.54, 1.807) is 28.0 Å². The van der Waals surface area contributed by atoms with Crippen LogP contribution < -0.4 is 14.9 Å². The number of benzene rings is 2. The van der Waals surface area contributed by atoms with E-state index in [2.05, 4.69) is 24.3 Å². The average Bonchev–Trinajstić information content (AvgIpc) is 3.44. The number of aryl methyl sites for hydroxylation is 1. The first-order valence-corrected chi connectivity index (χ1v) is 12.8. The summed E-state index contributed by atoms with van der Waals surface area (Å²) in [6.07, 6.45) is 3.41. The van der Waals surface area contributed by atoms with Crippen LogP contribution in [0.3, 0.4) is 0 Å². The molecule has 4 nitrogen and oxygen atoms in total. The first-order chi connectivity index (χ1) is 16.0. The fraction of sp³-hybridized carbons (Fsp3) is 0.120. The molecule has 0 saturated heterocycles. The number of phenols is 1. The lowest BCUT2D eigenvalue weighted by atomic mass is 9.85. The summed E-state index contributed by atoms with van der Waals surface area (Å²) in [5.41, 5.74) is 4.82. The van der Waals surface area contributed by atoms with Crippen molar-refractivity contribution in [2.24, 2.45) is 4.99 Å². The Morgan fingerprint density at radius 3 is 2.79 bits per heavy atom. The maximum Gasteiger partial charge on any atom is 0.271 e. The smallest absolute Gasteiger partial charge is 0.271 e. The molecule has 0 bridgehead atoms. The molecule has 1 atom stereocenters. The molecule has 0 fully saturated rings. The van der Waals surface area contributed by atoms with E-state index in [0.717, 1.165) is 29.0 Å². The molecular weight excluding hydrogens is 495 g/mol. The third-order valence-corrected chi connectivity index (χ3v) is 8.44. The second kappa shape index (κ2) is 7.99. The first-order valence-electron chi connectivity index (χ1n) is 10.4. The van der Waals surface area contributed by atoms with Gasteiger partial charge in [0.2, 0.25) is 0 Å². The van der Waals surface area contributed by atoms with Crippen LogP contribution in [0, 0.1) is 0 Å². The number of aromatic hydroxyl groups is 1. The molecule has 2 aromatic carbocycles. The molecule has 0 unspecified atom stereocenters. The Bertz CT molecular complexity index is 1630. The lowest BCUT2D eigenvalue weighted by molar-refractivity contribution is 0.474. The second-order valence-corrected chi connectivity index (χ2v) is 10.8. The normalized spacial score (nSPS) is 17.4. The number of nitrogens with zero attached hydrogens (tertiary/aromatic N) is 2. The molecule has 4 aromatic rings. The summed E-state index contributed by atoms with van der Waals surface area (Å²) in [7, 11) is 0. The van der Waals surface area contributed by atoms with Crippen LogP contribution in [0.2, 0.25) is 10.0 Å². The van der Waals surface area contributed by atoms with Crippen LogP contribution in [-0.2, 0) is 6.42 Å². The number of hydrogen-bond acceptors (Lipinski definition) is 5. The molecule has 1 N–H and O–H groups in total. The monoisotopic (exact) mass is 510 g/mol. The van der Waals surface area contributed by atoms with E-state index < -0.39 is 0 Å². The Balaban J connectivity index is 1.63. The molecule has 6 rings (SSSR count). The summed E-state index contributed by atoms with van der Waals surface area (Å²) in [5.74, 6) is -0.102. The van der Waals surface area contributed by atoms with Crippen LogP contribution >= 0.6 is 45.9 Å². The highest BCUT2D eigenvalue weighted by Gasteiger charge is 2.33. The molecule has 33 heavy (non-hydrogen) atoms. The van der Waals surface area contributed by atoms with Crippen molar-refractivity contribution in [1.29, 1.82) is 0 Å². The van der Waals surface area contributed by atoms with Crippen molar-refractivity contribution in [3.63, 3.8) is 0 Å². The zero-order valence-electron chi connectivity index (χ0n) is 17.1. The van der Waals surface area contributed by atoms with Gasteiger partial charge in [-0.3, -0.25) is 9.36 Å². The van der Waals surface area contributed by atoms with E-state index in [4.69, 9.17) is 28.2 Å². The Labute approximate surface area is 207 Å². The van der Waals surface area contributed by atoms with E-state index in [0.29, 0.717) is 19.9 Å². The zero-order chi connectivity index (χ0) is 22.7. The van der Waals surface area contributed by atoms with E-state index in [-0.39, 0.29) is 22.4 Å². The standard InChI is InChI=1S/C25H16Cl2N2O2S2/c26-15-10-14(23(30)18(27)12-15)11-20-24(31)29-22(19-6-3-9-32-19)17-8-7-13-4-1-2-5-16(13)21(17)28-25(29)33-20/h1-6,9-12,22,30H,7-8H2/b20-11+/t22-/m0/s1. The molecule has 0 saturated carbocycles. The summed E-state index contributed by atoms with van der Waals surface area (Å²) in [4.78, 5) is 20.4. The third-order valence-electron chi connectivity index (χ3n) is 6.03. The topological polar surface area (TPSA) is 54.6 Å². The van der Waals surface area contributed by atoms with E-state index in [1.807, 2.05) is 17.5 Å². The van der Waals surface area contributed by atoms with Gasteiger partial charge >= 0.3 is 0 Å². The SMILES string of the molecule is O=c1/c(=C\c2cc(Cl)cc(Cl)c2O)sc2n1[C@H](c1cccs1)C1=C(N=2)c2ccccc2CC1. The molecule has 1 aliphatic carbocycles. The molecule has 2 aliphatic rings. The Kier molecular flexibility index (Phi) is 5.07. The fourth-order valence-corrected chi connectivity index (χ4v) is 6.90. The van der Waals surface area contributed by atoms with Crippen LogP contribution in [0.5, 0.6) is 5.75 Å². The third kappa shape index (κ3) is 3.40. The number of phenolic OH excluding ortho intramolecular Hbond substituents is 1. The number of aromatic nitrogens is 1. The van der Waals surface area contributed by atoms with Crippen LogP contribution in [0.15, 0.2) is 69.3 Å². The average molecular weight is 511 g/mol. The fourth-order valence-electron chi connectivity index (χ4n) is 4.56. The van der Waals surface area contributed by atoms with Gasteiger partial charge in [-0.05, 0) is 53.6 Å². The van der Waals surface area contributed by atoms with E-state index in [1.165, 1.54) is 28.5 Å². The quantitative estimate of drug-likeness (QED) is 0.392. The summed E-state index contributed by atoms with van der Waals surface area (Å²) < 4.78 is 2.26. The second-order valence-electron chi connectivity index (χ2n) is 7.95. The number of hydrogen-bond donors (Lipinski definition) is 1. The Hall–Kier alpha value is -2.64. The number of halogens is 2. The largest absolute Gasteiger partial charge is 0.506 e. The lowest BCUT2D eigenvalue weighted by Gasteiger charge is -2.30. The molecule has 0 spiro atoms. The highest BCUT2D eigenvalue weighted by Crippen LogP contribution is 2.42. The van der Waals surface area contributed by atoms with E-state index >= 15 is 0 Å². The molecule has 1 aliphatic heterocycles. The highest BCUT2D eigenvalue weighted by molar-refractivity contribution is 7.10.